The van der Waals surface area contributed by atoms with Crippen LogP contribution in [0.5, 0.6) is 0 Å². The molecule has 0 radical (unpaired) electrons. The molecule has 2 aliphatic rings. The second-order valence-electron chi connectivity index (χ2n) is 7.00. The monoisotopic (exact) mass is 351 g/mol. The molecule has 3 rings (SSSR count). The van der Waals surface area contributed by atoms with Gasteiger partial charge in [0.05, 0.1) is 12.5 Å². The summed E-state index contributed by atoms with van der Waals surface area (Å²) < 4.78 is 16.5. The fraction of sp³-hybridized carbons (Fsp3) is 0.833. The van der Waals surface area contributed by atoms with Gasteiger partial charge in [-0.25, -0.2) is 0 Å². The quantitative estimate of drug-likeness (QED) is 0.668. The lowest BCUT2D eigenvalue weighted by Gasteiger charge is -2.21. The van der Waals surface area contributed by atoms with Crippen LogP contribution in [0.3, 0.4) is 0 Å². The van der Waals surface area contributed by atoms with Gasteiger partial charge in [0.15, 0.2) is 5.82 Å². The molecule has 0 aliphatic carbocycles. The highest BCUT2D eigenvalue weighted by Crippen LogP contribution is 2.26. The maximum atomic E-state index is 12.0. The summed E-state index contributed by atoms with van der Waals surface area (Å²) >= 11 is 0. The van der Waals surface area contributed by atoms with E-state index in [9.17, 15) is 4.79 Å². The van der Waals surface area contributed by atoms with Crippen molar-refractivity contribution < 1.29 is 18.8 Å². The smallest absolute Gasteiger partial charge is 0.231 e. The van der Waals surface area contributed by atoms with E-state index in [1.54, 1.807) is 0 Å². The molecule has 1 aromatic rings. The maximum absolute atomic E-state index is 12.0. The molecule has 2 aliphatic heterocycles. The van der Waals surface area contributed by atoms with E-state index >= 15 is 0 Å². The van der Waals surface area contributed by atoms with E-state index in [1.165, 1.54) is 0 Å². The number of ether oxygens (including phenoxy) is 2. The van der Waals surface area contributed by atoms with E-state index in [2.05, 4.69) is 10.1 Å². The van der Waals surface area contributed by atoms with Gasteiger partial charge in [0.25, 0.3) is 0 Å². The van der Waals surface area contributed by atoms with Gasteiger partial charge in [0.2, 0.25) is 11.8 Å². The second kappa shape index (κ2) is 9.29. The van der Waals surface area contributed by atoms with Crippen LogP contribution < -0.4 is 0 Å². The zero-order valence-electron chi connectivity index (χ0n) is 15.1. The molecule has 1 atom stereocenters. The number of likely N-dealkylation sites (tertiary alicyclic amines) is 1. The van der Waals surface area contributed by atoms with Gasteiger partial charge in [-0.05, 0) is 31.6 Å². The van der Waals surface area contributed by atoms with Gasteiger partial charge in [-0.15, -0.1) is 0 Å². The minimum atomic E-state index is 0.171. The van der Waals surface area contributed by atoms with E-state index in [-0.39, 0.29) is 11.8 Å². The summed E-state index contributed by atoms with van der Waals surface area (Å²) in [6.45, 7) is 6.60. The van der Waals surface area contributed by atoms with Gasteiger partial charge in [-0.3, -0.25) is 4.79 Å². The Morgan fingerprint density at radius 3 is 2.96 bits per heavy atom. The van der Waals surface area contributed by atoms with Gasteiger partial charge in [-0.1, -0.05) is 12.1 Å². The van der Waals surface area contributed by atoms with Crippen LogP contribution in [0.4, 0.5) is 0 Å². The Morgan fingerprint density at radius 2 is 2.16 bits per heavy atom. The molecule has 1 amide bonds. The lowest BCUT2D eigenvalue weighted by atomic mass is 10.0. The van der Waals surface area contributed by atoms with Crippen LogP contribution in [0.2, 0.25) is 0 Å². The van der Waals surface area contributed by atoms with E-state index in [0.29, 0.717) is 43.6 Å². The molecule has 1 aromatic heterocycles. The van der Waals surface area contributed by atoms with Gasteiger partial charge in [-0.2, -0.15) is 4.98 Å². The summed E-state index contributed by atoms with van der Waals surface area (Å²) in [7, 11) is 0. The highest BCUT2D eigenvalue weighted by Gasteiger charge is 2.30. The first kappa shape index (κ1) is 18.3. The molecular weight excluding hydrogens is 322 g/mol. The molecule has 1 unspecified atom stereocenters. The van der Waals surface area contributed by atoms with E-state index < -0.39 is 0 Å². The largest absolute Gasteiger partial charge is 0.381 e. The number of nitrogens with zero attached hydrogens (tertiary/aromatic N) is 3. The van der Waals surface area contributed by atoms with Crippen molar-refractivity contribution >= 4 is 5.91 Å². The van der Waals surface area contributed by atoms with Gasteiger partial charge < -0.3 is 18.9 Å². The third-order valence-corrected chi connectivity index (χ3v) is 5.00. The van der Waals surface area contributed by atoms with Gasteiger partial charge in [0.1, 0.15) is 0 Å². The van der Waals surface area contributed by atoms with Crippen molar-refractivity contribution in [3.8, 4) is 0 Å². The van der Waals surface area contributed by atoms with Crippen molar-refractivity contribution in [1.29, 1.82) is 0 Å². The Kier molecular flexibility index (Phi) is 6.81. The van der Waals surface area contributed by atoms with E-state index in [0.717, 1.165) is 52.0 Å². The SMILES string of the molecule is CCCC(=O)N1CCC(c2nc(CCOCC3CCOCC3)no2)C1. The number of rotatable bonds is 8. The molecule has 0 saturated carbocycles. The third-order valence-electron chi connectivity index (χ3n) is 5.00. The number of aromatic nitrogens is 2. The Hall–Kier alpha value is -1.47. The standard InChI is InChI=1S/C18H29N3O4/c1-2-3-17(22)21-8-4-15(12-21)18-19-16(20-25-18)7-11-24-13-14-5-9-23-10-6-14/h14-15H,2-13H2,1H3. The first-order valence-electron chi connectivity index (χ1n) is 9.52. The first-order chi connectivity index (χ1) is 12.3. The Morgan fingerprint density at radius 1 is 1.32 bits per heavy atom. The lowest BCUT2D eigenvalue weighted by Crippen LogP contribution is -2.28. The molecular formula is C18H29N3O4. The second-order valence-corrected chi connectivity index (χ2v) is 7.00. The lowest BCUT2D eigenvalue weighted by molar-refractivity contribution is -0.130. The van der Waals surface area contributed by atoms with Crippen molar-refractivity contribution in [3.63, 3.8) is 0 Å². The van der Waals surface area contributed by atoms with Crippen molar-refractivity contribution in [2.75, 3.05) is 39.5 Å². The average molecular weight is 351 g/mol. The van der Waals surface area contributed by atoms with Crippen molar-refractivity contribution in [2.45, 2.75) is 51.4 Å². The maximum Gasteiger partial charge on any atom is 0.231 e. The van der Waals surface area contributed by atoms with Crippen LogP contribution >= 0.6 is 0 Å². The van der Waals surface area contributed by atoms with Crippen LogP contribution in [0.15, 0.2) is 4.52 Å². The van der Waals surface area contributed by atoms with Crippen molar-refractivity contribution in [3.05, 3.63) is 11.7 Å². The highest BCUT2D eigenvalue weighted by molar-refractivity contribution is 5.76. The Balaban J connectivity index is 1.38. The fourth-order valence-electron chi connectivity index (χ4n) is 3.42. The molecule has 0 spiro atoms. The summed E-state index contributed by atoms with van der Waals surface area (Å²) in [5, 5.41) is 4.06. The molecule has 0 N–H and O–H groups in total. The molecule has 7 heteroatoms. The number of carbonyl (C=O) groups is 1. The molecule has 0 bridgehead atoms. The number of amides is 1. The number of carbonyl (C=O) groups excluding carboxylic acids is 1. The average Bonchev–Trinajstić information content (AvgIpc) is 3.29. The Bertz CT molecular complexity index is 542. The topological polar surface area (TPSA) is 77.7 Å². The fourth-order valence-corrected chi connectivity index (χ4v) is 3.42. The van der Waals surface area contributed by atoms with Crippen molar-refractivity contribution in [1.82, 2.24) is 15.0 Å². The minimum Gasteiger partial charge on any atom is -0.381 e. The zero-order valence-corrected chi connectivity index (χ0v) is 15.1. The summed E-state index contributed by atoms with van der Waals surface area (Å²) in [5.41, 5.74) is 0. The molecule has 0 aromatic carbocycles. The molecule has 25 heavy (non-hydrogen) atoms. The van der Waals surface area contributed by atoms with E-state index in [4.69, 9.17) is 14.0 Å². The number of hydrogen-bond acceptors (Lipinski definition) is 6. The predicted molar refractivity (Wildman–Crippen MR) is 91.2 cm³/mol. The van der Waals surface area contributed by atoms with Crippen LogP contribution in [-0.4, -0.2) is 60.5 Å². The third kappa shape index (κ3) is 5.25. The Labute approximate surface area is 149 Å². The molecule has 140 valence electrons. The zero-order chi connectivity index (χ0) is 17.5. The van der Waals surface area contributed by atoms with Crippen LogP contribution in [0.1, 0.15) is 56.7 Å². The van der Waals surface area contributed by atoms with Crippen LogP contribution in [-0.2, 0) is 20.7 Å². The van der Waals surface area contributed by atoms with E-state index in [1.807, 2.05) is 11.8 Å². The van der Waals surface area contributed by atoms with Crippen LogP contribution in [0, 0.1) is 5.92 Å². The van der Waals surface area contributed by atoms with Gasteiger partial charge in [0, 0.05) is 45.8 Å². The first-order valence-corrected chi connectivity index (χ1v) is 9.52. The normalized spacial score (nSPS) is 21.8. The predicted octanol–water partition coefficient (Wildman–Crippen LogP) is 2.17. The summed E-state index contributed by atoms with van der Waals surface area (Å²) in [6.07, 6.45) is 5.24. The minimum absolute atomic E-state index is 0.171. The molecule has 3 heterocycles. The summed E-state index contributed by atoms with van der Waals surface area (Å²) in [4.78, 5) is 18.4. The summed E-state index contributed by atoms with van der Waals surface area (Å²) in [5.74, 6) is 2.36. The molecule has 7 nitrogen and oxygen atoms in total. The van der Waals surface area contributed by atoms with Gasteiger partial charge >= 0.3 is 0 Å². The van der Waals surface area contributed by atoms with Crippen LogP contribution in [0.25, 0.3) is 0 Å². The summed E-state index contributed by atoms with van der Waals surface area (Å²) in [6, 6.07) is 0. The number of hydrogen-bond donors (Lipinski definition) is 0. The molecule has 2 saturated heterocycles. The molecule has 2 fully saturated rings. The van der Waals surface area contributed by atoms with Crippen molar-refractivity contribution in [2.24, 2.45) is 5.92 Å². The highest BCUT2D eigenvalue weighted by atomic mass is 16.5.